The van der Waals surface area contributed by atoms with Gasteiger partial charge in [-0.05, 0) is 39.2 Å². The van der Waals surface area contributed by atoms with E-state index in [1.165, 1.54) is 11.3 Å². The molecule has 0 bridgehead atoms. The first-order chi connectivity index (χ1) is 19.2. The molecule has 0 saturated heterocycles. The van der Waals surface area contributed by atoms with Crippen LogP contribution in [-0.2, 0) is 0 Å². The molecule has 5 N–H and O–H groups in total. The second-order valence-electron chi connectivity index (χ2n) is 10.5. The molecule has 0 aliphatic heterocycles. The van der Waals surface area contributed by atoms with Crippen molar-refractivity contribution >= 4 is 33.3 Å². The highest BCUT2D eigenvalue weighted by atomic mass is 32.1. The highest BCUT2D eigenvalue weighted by Crippen LogP contribution is 2.44. The van der Waals surface area contributed by atoms with E-state index in [0.717, 1.165) is 41.1 Å². The molecular formula is C27H29F2N7O3S. The van der Waals surface area contributed by atoms with Crippen LogP contribution in [0.4, 0.5) is 20.5 Å². The zero-order valence-corrected chi connectivity index (χ0v) is 22.7. The SMILES string of the molecule is Cc1nc(N[C@H](C)c2c(F)cncc2F)nc(N[C@@H]2C[C@H](CO)[C@@H](O)[C@H]2O)c1-c1nc2c(C3CC3)nccc2s1. The highest BCUT2D eigenvalue weighted by molar-refractivity contribution is 7.21. The Hall–Kier alpha value is -3.39. The summed E-state index contributed by atoms with van der Waals surface area (Å²) >= 11 is 1.47. The summed E-state index contributed by atoms with van der Waals surface area (Å²) in [5.74, 6) is -1.23. The minimum Gasteiger partial charge on any atom is -0.396 e. The van der Waals surface area contributed by atoms with Crippen LogP contribution in [0, 0.1) is 24.5 Å². The van der Waals surface area contributed by atoms with Crippen LogP contribution >= 0.6 is 11.3 Å². The summed E-state index contributed by atoms with van der Waals surface area (Å²) in [6.07, 6.45) is 3.91. The van der Waals surface area contributed by atoms with E-state index in [1.807, 2.05) is 6.07 Å². The lowest BCUT2D eigenvalue weighted by molar-refractivity contribution is 0.00446. The van der Waals surface area contributed by atoms with Gasteiger partial charge in [0.1, 0.15) is 34.1 Å². The quantitative estimate of drug-likeness (QED) is 0.213. The first-order valence-electron chi connectivity index (χ1n) is 13.2. The molecule has 0 amide bonds. The van der Waals surface area contributed by atoms with Crippen molar-refractivity contribution < 1.29 is 24.1 Å². The number of aryl methyl sites for hydroxylation is 1. The molecule has 210 valence electrons. The van der Waals surface area contributed by atoms with Crippen LogP contribution in [0.15, 0.2) is 24.7 Å². The summed E-state index contributed by atoms with van der Waals surface area (Å²) in [6.45, 7) is 3.10. The van der Waals surface area contributed by atoms with Crippen molar-refractivity contribution in [2.45, 2.75) is 63.3 Å². The van der Waals surface area contributed by atoms with Gasteiger partial charge in [-0.3, -0.25) is 9.97 Å². The minimum atomic E-state index is -1.14. The number of aromatic nitrogens is 5. The zero-order valence-electron chi connectivity index (χ0n) is 21.8. The minimum absolute atomic E-state index is 0.111. The Balaban J connectivity index is 1.41. The molecule has 2 saturated carbocycles. The number of fused-ring (bicyclic) bond motifs is 1. The van der Waals surface area contributed by atoms with Crippen molar-refractivity contribution in [1.82, 2.24) is 24.9 Å². The largest absolute Gasteiger partial charge is 0.396 e. The first kappa shape index (κ1) is 26.8. The molecule has 2 aliphatic carbocycles. The number of nitrogens with zero attached hydrogens (tertiary/aromatic N) is 5. The van der Waals surface area contributed by atoms with Gasteiger partial charge >= 0.3 is 0 Å². The smallest absolute Gasteiger partial charge is 0.225 e. The van der Waals surface area contributed by atoms with Crippen LogP contribution < -0.4 is 10.6 Å². The summed E-state index contributed by atoms with van der Waals surface area (Å²) in [5, 5.41) is 37.6. The molecule has 13 heteroatoms. The van der Waals surface area contributed by atoms with Gasteiger partial charge < -0.3 is 26.0 Å². The van der Waals surface area contributed by atoms with Gasteiger partial charge in [0.15, 0.2) is 0 Å². The van der Waals surface area contributed by atoms with Gasteiger partial charge in [0.25, 0.3) is 0 Å². The fraction of sp³-hybridized carbons (Fsp3) is 0.444. The predicted octanol–water partition coefficient (Wildman–Crippen LogP) is 3.69. The van der Waals surface area contributed by atoms with E-state index in [9.17, 15) is 24.1 Å². The Morgan fingerprint density at radius 1 is 1.10 bits per heavy atom. The fourth-order valence-electron chi connectivity index (χ4n) is 5.36. The molecule has 4 aromatic rings. The average Bonchev–Trinajstić information content (AvgIpc) is 3.61. The van der Waals surface area contributed by atoms with Crippen LogP contribution in [0.1, 0.15) is 55.1 Å². The summed E-state index contributed by atoms with van der Waals surface area (Å²) < 4.78 is 29.7. The number of rotatable bonds is 8. The van der Waals surface area contributed by atoms with E-state index in [-0.39, 0.29) is 18.1 Å². The number of hydrogen-bond acceptors (Lipinski definition) is 11. The number of aliphatic hydroxyl groups excluding tert-OH is 3. The maximum atomic E-state index is 14.4. The molecule has 10 nitrogen and oxygen atoms in total. The first-order valence-corrected chi connectivity index (χ1v) is 14.0. The summed E-state index contributed by atoms with van der Waals surface area (Å²) in [4.78, 5) is 22.3. The Morgan fingerprint density at radius 2 is 1.85 bits per heavy atom. The van der Waals surface area contributed by atoms with Crippen molar-refractivity contribution in [3.8, 4) is 10.6 Å². The number of pyridine rings is 2. The van der Waals surface area contributed by atoms with Gasteiger partial charge in [0.2, 0.25) is 5.95 Å². The van der Waals surface area contributed by atoms with Crippen LogP contribution in [-0.4, -0.2) is 65.1 Å². The van der Waals surface area contributed by atoms with E-state index in [1.54, 1.807) is 20.0 Å². The Morgan fingerprint density at radius 3 is 2.52 bits per heavy atom. The van der Waals surface area contributed by atoms with Crippen molar-refractivity contribution in [3.63, 3.8) is 0 Å². The van der Waals surface area contributed by atoms with Crippen LogP contribution in [0.25, 0.3) is 20.8 Å². The van der Waals surface area contributed by atoms with Gasteiger partial charge in [-0.2, -0.15) is 4.98 Å². The Bertz CT molecular complexity index is 1550. The highest BCUT2D eigenvalue weighted by Gasteiger charge is 2.41. The van der Waals surface area contributed by atoms with Gasteiger partial charge in [0, 0.05) is 30.2 Å². The topological polar surface area (TPSA) is 149 Å². The number of hydrogen-bond donors (Lipinski definition) is 5. The van der Waals surface area contributed by atoms with Crippen molar-refractivity contribution in [2.24, 2.45) is 5.92 Å². The number of anilines is 2. The van der Waals surface area contributed by atoms with E-state index in [4.69, 9.17) is 4.98 Å². The lowest BCUT2D eigenvalue weighted by Gasteiger charge is -2.22. The number of aliphatic hydroxyl groups is 3. The second-order valence-corrected chi connectivity index (χ2v) is 11.5. The molecule has 4 aromatic heterocycles. The van der Waals surface area contributed by atoms with Crippen molar-refractivity contribution in [1.29, 1.82) is 0 Å². The van der Waals surface area contributed by atoms with E-state index in [0.29, 0.717) is 34.4 Å². The van der Waals surface area contributed by atoms with Gasteiger partial charge in [-0.25, -0.2) is 18.7 Å². The molecule has 5 atom stereocenters. The van der Waals surface area contributed by atoms with Gasteiger partial charge in [0.05, 0.1) is 52.2 Å². The number of halogens is 2. The Labute approximate surface area is 232 Å². The van der Waals surface area contributed by atoms with Crippen LogP contribution in [0.5, 0.6) is 0 Å². The normalized spacial score (nSPS) is 23.5. The molecule has 0 aromatic carbocycles. The van der Waals surface area contributed by atoms with Crippen molar-refractivity contribution in [2.75, 3.05) is 17.2 Å². The molecule has 4 heterocycles. The second kappa shape index (κ2) is 10.5. The maximum absolute atomic E-state index is 14.4. The zero-order chi connectivity index (χ0) is 28.1. The van der Waals surface area contributed by atoms with E-state index in [2.05, 4.69) is 30.6 Å². The van der Waals surface area contributed by atoms with E-state index >= 15 is 0 Å². The molecule has 40 heavy (non-hydrogen) atoms. The maximum Gasteiger partial charge on any atom is 0.225 e. The molecule has 2 aliphatic rings. The number of thiazole rings is 1. The monoisotopic (exact) mass is 569 g/mol. The lowest BCUT2D eigenvalue weighted by atomic mass is 10.1. The lowest BCUT2D eigenvalue weighted by Crippen LogP contribution is -2.35. The Kier molecular flexibility index (Phi) is 7.07. The molecule has 6 rings (SSSR count). The average molecular weight is 570 g/mol. The van der Waals surface area contributed by atoms with Crippen LogP contribution in [0.2, 0.25) is 0 Å². The van der Waals surface area contributed by atoms with Crippen LogP contribution in [0.3, 0.4) is 0 Å². The third-order valence-electron chi connectivity index (χ3n) is 7.63. The standard InChI is InChI=1S/C27H29F2N7O3S/c1-11(19-15(28)8-30-9-16(19)29)32-27-33-12(2)20(25(36-27)34-17-7-14(10-37)23(38)24(17)39)26-35-22-18(40-26)5-6-31-21(22)13-3-4-13/h5-6,8-9,11,13-14,17,23-24,37-39H,3-4,7,10H2,1-2H3,(H2,32,33,34,36)/t11-,14-,17-,23-,24+/m1/s1. The number of nitrogens with one attached hydrogen (secondary N) is 2. The summed E-state index contributed by atoms with van der Waals surface area (Å²) in [7, 11) is 0. The summed E-state index contributed by atoms with van der Waals surface area (Å²) in [5.41, 5.74) is 2.78. The summed E-state index contributed by atoms with van der Waals surface area (Å²) in [6, 6.07) is 0.483. The molecular weight excluding hydrogens is 540 g/mol. The molecule has 2 fully saturated rings. The third-order valence-corrected chi connectivity index (χ3v) is 8.67. The fourth-order valence-corrected chi connectivity index (χ4v) is 6.43. The molecule has 0 spiro atoms. The van der Waals surface area contributed by atoms with E-state index < -0.39 is 41.8 Å². The van der Waals surface area contributed by atoms with Gasteiger partial charge in [-0.15, -0.1) is 11.3 Å². The predicted molar refractivity (Wildman–Crippen MR) is 146 cm³/mol. The molecule has 0 radical (unpaired) electrons. The third kappa shape index (κ3) is 4.87. The van der Waals surface area contributed by atoms with Gasteiger partial charge in [-0.1, -0.05) is 0 Å². The van der Waals surface area contributed by atoms with Crippen molar-refractivity contribution in [3.05, 3.63) is 53.2 Å². The molecule has 0 unspecified atom stereocenters.